The summed E-state index contributed by atoms with van der Waals surface area (Å²) in [6, 6.07) is 6.32. The fourth-order valence-corrected chi connectivity index (χ4v) is 3.38. The van der Waals surface area contributed by atoms with Crippen LogP contribution in [0.5, 0.6) is 0 Å². The largest absolute Gasteiger partial charge is 0.398 e. The number of likely N-dealkylation sites (tertiary alicyclic amines) is 1. The normalized spacial score (nSPS) is 21.7. The van der Waals surface area contributed by atoms with Crippen molar-refractivity contribution in [1.29, 1.82) is 0 Å². The molecular formula is C17H27BrN2. The molecule has 1 fully saturated rings. The zero-order valence-corrected chi connectivity index (χ0v) is 14.5. The van der Waals surface area contributed by atoms with E-state index in [0.717, 1.165) is 22.6 Å². The van der Waals surface area contributed by atoms with E-state index < -0.39 is 0 Å². The highest BCUT2D eigenvalue weighted by molar-refractivity contribution is 9.10. The number of benzene rings is 1. The Bertz CT molecular complexity index is 451. The monoisotopic (exact) mass is 338 g/mol. The molecule has 0 radical (unpaired) electrons. The topological polar surface area (TPSA) is 29.3 Å². The molecule has 1 aromatic rings. The van der Waals surface area contributed by atoms with E-state index in [0.29, 0.717) is 5.41 Å². The van der Waals surface area contributed by atoms with Crippen molar-refractivity contribution in [3.05, 3.63) is 28.2 Å². The standard InChI is InChI=1S/C17H27BrN2/c1-17(2,3)14-5-4-9-20(10-8-14)12-13-6-7-15(18)16(19)11-13/h6-7,11,14H,4-5,8-10,12,19H2,1-3H3. The molecule has 1 unspecified atom stereocenters. The lowest BCUT2D eigenvalue weighted by Crippen LogP contribution is -2.26. The van der Waals surface area contributed by atoms with E-state index in [1.54, 1.807) is 0 Å². The van der Waals surface area contributed by atoms with Gasteiger partial charge < -0.3 is 5.73 Å². The second-order valence-corrected chi connectivity index (χ2v) is 7.98. The molecule has 0 spiro atoms. The molecule has 0 saturated carbocycles. The quantitative estimate of drug-likeness (QED) is 0.793. The number of hydrogen-bond donors (Lipinski definition) is 1. The number of nitrogen functional groups attached to an aromatic ring is 1. The summed E-state index contributed by atoms with van der Waals surface area (Å²) in [6.07, 6.45) is 3.99. The van der Waals surface area contributed by atoms with E-state index in [1.165, 1.54) is 37.9 Å². The first-order chi connectivity index (χ1) is 9.36. The second-order valence-electron chi connectivity index (χ2n) is 7.13. The van der Waals surface area contributed by atoms with Crippen molar-refractivity contribution in [2.75, 3.05) is 18.8 Å². The molecule has 1 heterocycles. The Labute approximate surface area is 131 Å². The molecule has 0 aromatic heterocycles. The lowest BCUT2D eigenvalue weighted by atomic mass is 9.77. The summed E-state index contributed by atoms with van der Waals surface area (Å²) >= 11 is 3.46. The van der Waals surface area contributed by atoms with Crippen LogP contribution in [0.25, 0.3) is 0 Å². The van der Waals surface area contributed by atoms with Gasteiger partial charge in [-0.05, 0) is 77.3 Å². The summed E-state index contributed by atoms with van der Waals surface area (Å²) in [6.45, 7) is 10.6. The summed E-state index contributed by atoms with van der Waals surface area (Å²) < 4.78 is 0.991. The van der Waals surface area contributed by atoms with Gasteiger partial charge in [0.15, 0.2) is 0 Å². The fourth-order valence-electron chi connectivity index (χ4n) is 3.13. The van der Waals surface area contributed by atoms with Crippen molar-refractivity contribution >= 4 is 21.6 Å². The zero-order valence-electron chi connectivity index (χ0n) is 13.0. The Morgan fingerprint density at radius 1 is 1.25 bits per heavy atom. The van der Waals surface area contributed by atoms with Crippen LogP contribution < -0.4 is 5.73 Å². The SMILES string of the molecule is CC(C)(C)C1CCCN(Cc2ccc(Br)c(N)c2)CC1. The molecule has 3 heteroatoms. The molecule has 1 aliphatic heterocycles. The third-order valence-corrected chi connectivity index (χ3v) is 5.23. The van der Waals surface area contributed by atoms with Crippen molar-refractivity contribution in [1.82, 2.24) is 4.90 Å². The molecule has 2 N–H and O–H groups in total. The number of anilines is 1. The van der Waals surface area contributed by atoms with Gasteiger partial charge in [0.25, 0.3) is 0 Å². The van der Waals surface area contributed by atoms with Crippen LogP contribution in [0.1, 0.15) is 45.6 Å². The maximum absolute atomic E-state index is 5.97. The molecule has 1 aromatic carbocycles. The minimum Gasteiger partial charge on any atom is -0.398 e. The maximum Gasteiger partial charge on any atom is 0.0461 e. The van der Waals surface area contributed by atoms with Crippen molar-refractivity contribution in [2.24, 2.45) is 11.3 Å². The van der Waals surface area contributed by atoms with Crippen LogP contribution in [-0.4, -0.2) is 18.0 Å². The van der Waals surface area contributed by atoms with Crippen LogP contribution in [-0.2, 0) is 6.54 Å². The van der Waals surface area contributed by atoms with Crippen molar-refractivity contribution in [2.45, 2.75) is 46.6 Å². The Morgan fingerprint density at radius 2 is 2.00 bits per heavy atom. The average Bonchev–Trinajstić information content (AvgIpc) is 2.59. The lowest BCUT2D eigenvalue weighted by Gasteiger charge is -2.29. The van der Waals surface area contributed by atoms with E-state index in [-0.39, 0.29) is 0 Å². The first kappa shape index (κ1) is 15.8. The van der Waals surface area contributed by atoms with Crippen LogP contribution in [0.15, 0.2) is 22.7 Å². The Morgan fingerprint density at radius 3 is 2.65 bits per heavy atom. The third-order valence-electron chi connectivity index (χ3n) is 4.51. The van der Waals surface area contributed by atoms with E-state index in [1.807, 2.05) is 0 Å². The zero-order chi connectivity index (χ0) is 14.8. The minimum absolute atomic E-state index is 0.443. The summed E-state index contributed by atoms with van der Waals surface area (Å²) in [5.41, 5.74) is 8.57. The molecule has 112 valence electrons. The van der Waals surface area contributed by atoms with Crippen molar-refractivity contribution in [3.63, 3.8) is 0 Å². The van der Waals surface area contributed by atoms with Crippen LogP contribution in [0.4, 0.5) is 5.69 Å². The van der Waals surface area contributed by atoms with Gasteiger partial charge in [0.1, 0.15) is 0 Å². The van der Waals surface area contributed by atoms with Gasteiger partial charge in [0, 0.05) is 16.7 Å². The van der Waals surface area contributed by atoms with Crippen LogP contribution in [0.2, 0.25) is 0 Å². The van der Waals surface area contributed by atoms with Gasteiger partial charge in [-0.3, -0.25) is 4.90 Å². The second kappa shape index (κ2) is 6.48. The van der Waals surface area contributed by atoms with Gasteiger partial charge in [-0.25, -0.2) is 0 Å². The highest BCUT2D eigenvalue weighted by Crippen LogP contribution is 2.34. The molecule has 0 amide bonds. The highest BCUT2D eigenvalue weighted by Gasteiger charge is 2.26. The van der Waals surface area contributed by atoms with Gasteiger partial charge in [-0.2, -0.15) is 0 Å². The molecule has 1 atom stereocenters. The highest BCUT2D eigenvalue weighted by atomic mass is 79.9. The van der Waals surface area contributed by atoms with E-state index in [9.17, 15) is 0 Å². The number of hydrogen-bond acceptors (Lipinski definition) is 2. The summed E-state index contributed by atoms with van der Waals surface area (Å²) in [7, 11) is 0. The minimum atomic E-state index is 0.443. The third kappa shape index (κ3) is 4.23. The summed E-state index contributed by atoms with van der Waals surface area (Å²) in [4.78, 5) is 2.58. The van der Waals surface area contributed by atoms with Gasteiger partial charge in [0.05, 0.1) is 0 Å². The lowest BCUT2D eigenvalue weighted by molar-refractivity contribution is 0.206. The average molecular weight is 339 g/mol. The number of rotatable bonds is 2. The predicted octanol–water partition coefficient (Wildman–Crippen LogP) is 4.68. The molecule has 1 aliphatic rings. The van der Waals surface area contributed by atoms with Crippen LogP contribution in [0, 0.1) is 11.3 Å². The predicted molar refractivity (Wildman–Crippen MR) is 90.6 cm³/mol. The molecule has 0 aliphatic carbocycles. The Balaban J connectivity index is 1.95. The van der Waals surface area contributed by atoms with Gasteiger partial charge in [0.2, 0.25) is 0 Å². The molecular weight excluding hydrogens is 312 g/mol. The number of nitrogens with two attached hydrogens (primary N) is 1. The molecule has 2 rings (SSSR count). The first-order valence-electron chi connectivity index (χ1n) is 7.62. The van der Waals surface area contributed by atoms with E-state index >= 15 is 0 Å². The van der Waals surface area contributed by atoms with Crippen molar-refractivity contribution in [3.8, 4) is 0 Å². The van der Waals surface area contributed by atoms with Crippen molar-refractivity contribution < 1.29 is 0 Å². The molecule has 0 bridgehead atoms. The smallest absolute Gasteiger partial charge is 0.0461 e. The molecule has 20 heavy (non-hydrogen) atoms. The summed E-state index contributed by atoms with van der Waals surface area (Å²) in [5, 5.41) is 0. The Hall–Kier alpha value is -0.540. The van der Waals surface area contributed by atoms with Gasteiger partial charge in [-0.15, -0.1) is 0 Å². The van der Waals surface area contributed by atoms with Gasteiger partial charge in [-0.1, -0.05) is 26.8 Å². The maximum atomic E-state index is 5.97. The summed E-state index contributed by atoms with van der Waals surface area (Å²) in [5.74, 6) is 0.850. The molecule has 1 saturated heterocycles. The van der Waals surface area contributed by atoms with Crippen LogP contribution in [0.3, 0.4) is 0 Å². The van der Waals surface area contributed by atoms with E-state index in [4.69, 9.17) is 5.73 Å². The van der Waals surface area contributed by atoms with Crippen LogP contribution >= 0.6 is 15.9 Å². The molecule has 2 nitrogen and oxygen atoms in total. The Kier molecular flexibility index (Phi) is 5.14. The van der Waals surface area contributed by atoms with Gasteiger partial charge >= 0.3 is 0 Å². The van der Waals surface area contributed by atoms with E-state index in [2.05, 4.69) is 59.8 Å². The number of nitrogens with zero attached hydrogens (tertiary/aromatic N) is 1. The first-order valence-corrected chi connectivity index (χ1v) is 8.42. The number of halogens is 1. The fraction of sp³-hybridized carbons (Fsp3) is 0.647.